The highest BCUT2D eigenvalue weighted by Gasteiger charge is 2.16. The molecule has 0 saturated carbocycles. The van der Waals surface area contributed by atoms with Crippen LogP contribution >= 0.6 is 15.9 Å². The van der Waals surface area contributed by atoms with Crippen LogP contribution in [-0.2, 0) is 0 Å². The Kier molecular flexibility index (Phi) is 3.39. The minimum Gasteiger partial charge on any atom is -0.497 e. The van der Waals surface area contributed by atoms with E-state index in [9.17, 15) is 9.90 Å². The summed E-state index contributed by atoms with van der Waals surface area (Å²) in [5.41, 5.74) is 2.16. The van der Waals surface area contributed by atoms with Crippen molar-refractivity contribution in [3.8, 4) is 11.4 Å². The van der Waals surface area contributed by atoms with E-state index in [0.29, 0.717) is 16.8 Å². The van der Waals surface area contributed by atoms with Gasteiger partial charge in [0.2, 0.25) is 0 Å². The van der Waals surface area contributed by atoms with Crippen molar-refractivity contribution in [2.45, 2.75) is 0 Å². The summed E-state index contributed by atoms with van der Waals surface area (Å²) in [6.07, 6.45) is 1.61. The normalized spacial score (nSPS) is 10.8. The Morgan fingerprint density at radius 3 is 2.86 bits per heavy atom. The van der Waals surface area contributed by atoms with Crippen LogP contribution in [0.25, 0.3) is 16.7 Å². The lowest BCUT2D eigenvalue weighted by molar-refractivity contribution is 0.0698. The van der Waals surface area contributed by atoms with Gasteiger partial charge in [-0.25, -0.2) is 9.78 Å². The fourth-order valence-corrected chi connectivity index (χ4v) is 2.66. The second kappa shape index (κ2) is 5.21. The standard InChI is InChI=1S/C15H11BrN2O3/c1-21-9-5-6-11(16)13(7-9)18-8-17-12-4-2-3-10(14(12)18)15(19)20/h2-8H,1H3,(H,19,20). The molecule has 3 aromatic rings. The van der Waals surface area contributed by atoms with Crippen LogP contribution in [0.4, 0.5) is 0 Å². The van der Waals surface area contributed by atoms with Crippen LogP contribution in [0.5, 0.6) is 5.75 Å². The second-order valence-corrected chi connectivity index (χ2v) is 5.26. The molecule has 106 valence electrons. The smallest absolute Gasteiger partial charge is 0.337 e. The van der Waals surface area contributed by atoms with Crippen LogP contribution < -0.4 is 4.74 Å². The number of rotatable bonds is 3. The average molecular weight is 347 g/mol. The van der Waals surface area contributed by atoms with Gasteiger partial charge in [-0.2, -0.15) is 0 Å². The Bertz CT molecular complexity index is 842. The Balaban J connectivity index is 2.33. The van der Waals surface area contributed by atoms with Crippen LogP contribution in [0.3, 0.4) is 0 Å². The van der Waals surface area contributed by atoms with Crippen molar-refractivity contribution in [1.29, 1.82) is 0 Å². The number of halogens is 1. The first-order valence-corrected chi connectivity index (χ1v) is 6.94. The molecular formula is C15H11BrN2O3. The van der Waals surface area contributed by atoms with Crippen LogP contribution in [-0.4, -0.2) is 27.7 Å². The van der Waals surface area contributed by atoms with Crippen molar-refractivity contribution < 1.29 is 14.6 Å². The zero-order valence-corrected chi connectivity index (χ0v) is 12.7. The molecule has 0 unspecified atom stereocenters. The maximum atomic E-state index is 11.4. The van der Waals surface area contributed by atoms with Crippen molar-refractivity contribution in [1.82, 2.24) is 9.55 Å². The van der Waals surface area contributed by atoms with E-state index < -0.39 is 5.97 Å². The zero-order valence-electron chi connectivity index (χ0n) is 11.1. The fourth-order valence-electron chi connectivity index (χ4n) is 2.23. The fraction of sp³-hybridized carbons (Fsp3) is 0.0667. The number of para-hydroxylation sites is 1. The number of aromatic carboxylic acids is 1. The highest BCUT2D eigenvalue weighted by Crippen LogP contribution is 2.30. The van der Waals surface area contributed by atoms with Gasteiger partial charge in [-0.15, -0.1) is 0 Å². The summed E-state index contributed by atoms with van der Waals surface area (Å²) in [7, 11) is 1.59. The molecule has 0 bridgehead atoms. The number of methoxy groups -OCH3 is 1. The molecular weight excluding hydrogens is 336 g/mol. The van der Waals surface area contributed by atoms with Crippen molar-refractivity contribution >= 4 is 32.9 Å². The Hall–Kier alpha value is -2.34. The van der Waals surface area contributed by atoms with E-state index in [2.05, 4.69) is 20.9 Å². The number of aromatic nitrogens is 2. The zero-order chi connectivity index (χ0) is 15.0. The molecule has 0 aliphatic heterocycles. The number of carbonyl (C=O) groups is 1. The summed E-state index contributed by atoms with van der Waals surface area (Å²) in [6.45, 7) is 0. The summed E-state index contributed by atoms with van der Waals surface area (Å²) in [5.74, 6) is -0.302. The molecule has 1 heterocycles. The van der Waals surface area contributed by atoms with Gasteiger partial charge in [0.15, 0.2) is 0 Å². The van der Waals surface area contributed by atoms with Crippen LogP contribution in [0, 0.1) is 0 Å². The highest BCUT2D eigenvalue weighted by atomic mass is 79.9. The summed E-state index contributed by atoms with van der Waals surface area (Å²) in [4.78, 5) is 15.7. The summed E-state index contributed by atoms with van der Waals surface area (Å²) in [6, 6.07) is 10.5. The Morgan fingerprint density at radius 1 is 1.33 bits per heavy atom. The van der Waals surface area contributed by atoms with E-state index in [4.69, 9.17) is 4.74 Å². The van der Waals surface area contributed by atoms with Gasteiger partial charge in [0, 0.05) is 10.5 Å². The number of fused-ring (bicyclic) bond motifs is 1. The molecule has 0 saturated heterocycles. The summed E-state index contributed by atoms with van der Waals surface area (Å²) in [5, 5.41) is 9.37. The van der Waals surface area contributed by atoms with Crippen LogP contribution in [0.1, 0.15) is 10.4 Å². The lowest BCUT2D eigenvalue weighted by Gasteiger charge is -2.10. The Morgan fingerprint density at radius 2 is 2.14 bits per heavy atom. The largest absolute Gasteiger partial charge is 0.497 e. The van der Waals surface area contributed by atoms with E-state index in [-0.39, 0.29) is 5.56 Å². The Labute approximate surface area is 128 Å². The van der Waals surface area contributed by atoms with Gasteiger partial charge in [-0.05, 0) is 40.2 Å². The van der Waals surface area contributed by atoms with E-state index in [0.717, 1.165) is 10.2 Å². The summed E-state index contributed by atoms with van der Waals surface area (Å²) >= 11 is 3.48. The van der Waals surface area contributed by atoms with Gasteiger partial charge in [0.25, 0.3) is 0 Å². The third-order valence-electron chi connectivity index (χ3n) is 3.21. The number of carboxylic acid groups (broad SMARTS) is 1. The van der Waals surface area contributed by atoms with Gasteiger partial charge in [-0.1, -0.05) is 6.07 Å². The summed E-state index contributed by atoms with van der Waals surface area (Å²) < 4.78 is 7.79. The lowest BCUT2D eigenvalue weighted by Crippen LogP contribution is -2.02. The SMILES string of the molecule is COc1ccc(Br)c(-n2cnc3cccc(C(=O)O)c32)c1. The number of hydrogen-bond acceptors (Lipinski definition) is 3. The molecule has 2 aromatic carbocycles. The molecule has 1 N–H and O–H groups in total. The van der Waals surface area contributed by atoms with Crippen molar-refractivity contribution in [3.05, 3.63) is 52.8 Å². The number of imidazole rings is 1. The molecule has 1 aromatic heterocycles. The minimum absolute atomic E-state index is 0.208. The van der Waals surface area contributed by atoms with Gasteiger partial charge in [0.1, 0.15) is 12.1 Å². The first kappa shape index (κ1) is 13.6. The maximum absolute atomic E-state index is 11.4. The van der Waals surface area contributed by atoms with Crippen molar-refractivity contribution in [2.24, 2.45) is 0 Å². The number of benzene rings is 2. The van der Waals surface area contributed by atoms with E-state index in [1.54, 1.807) is 36.2 Å². The molecule has 0 aliphatic rings. The molecule has 0 radical (unpaired) electrons. The lowest BCUT2D eigenvalue weighted by atomic mass is 10.1. The van der Waals surface area contributed by atoms with E-state index >= 15 is 0 Å². The molecule has 21 heavy (non-hydrogen) atoms. The van der Waals surface area contributed by atoms with Gasteiger partial charge >= 0.3 is 5.97 Å². The van der Waals surface area contributed by atoms with Crippen molar-refractivity contribution in [3.63, 3.8) is 0 Å². The van der Waals surface area contributed by atoms with Crippen molar-refractivity contribution in [2.75, 3.05) is 7.11 Å². The molecule has 0 fully saturated rings. The van der Waals surface area contributed by atoms with Gasteiger partial charge in [-0.3, -0.25) is 4.57 Å². The molecule has 0 aliphatic carbocycles. The average Bonchev–Trinajstić information content (AvgIpc) is 2.91. The molecule has 0 amide bonds. The maximum Gasteiger partial charge on any atom is 0.337 e. The van der Waals surface area contributed by atoms with Crippen LogP contribution in [0.2, 0.25) is 0 Å². The first-order chi connectivity index (χ1) is 10.1. The van der Waals surface area contributed by atoms with Crippen LogP contribution in [0.15, 0.2) is 47.2 Å². The molecule has 0 atom stereocenters. The van der Waals surface area contributed by atoms with E-state index in [1.807, 2.05) is 18.2 Å². The van der Waals surface area contributed by atoms with E-state index in [1.165, 1.54) is 0 Å². The number of carboxylic acids is 1. The number of ether oxygens (including phenoxy) is 1. The third-order valence-corrected chi connectivity index (χ3v) is 3.88. The molecule has 5 nitrogen and oxygen atoms in total. The predicted octanol–water partition coefficient (Wildman–Crippen LogP) is 3.49. The monoisotopic (exact) mass is 346 g/mol. The molecule has 3 rings (SSSR count). The quantitative estimate of drug-likeness (QED) is 0.788. The third kappa shape index (κ3) is 2.27. The minimum atomic E-state index is -0.985. The number of nitrogens with zero attached hydrogens (tertiary/aromatic N) is 2. The predicted molar refractivity (Wildman–Crippen MR) is 82.3 cm³/mol. The molecule has 6 heteroatoms. The number of hydrogen-bond donors (Lipinski definition) is 1. The van der Waals surface area contributed by atoms with Gasteiger partial charge < -0.3 is 9.84 Å². The molecule has 0 spiro atoms. The first-order valence-electron chi connectivity index (χ1n) is 6.15. The van der Waals surface area contributed by atoms with Gasteiger partial charge in [0.05, 0.1) is 29.4 Å². The highest BCUT2D eigenvalue weighted by molar-refractivity contribution is 9.10. The second-order valence-electron chi connectivity index (χ2n) is 4.41. The topological polar surface area (TPSA) is 64.4 Å².